The van der Waals surface area contributed by atoms with E-state index in [2.05, 4.69) is 19.1 Å². The maximum absolute atomic E-state index is 7.17. The topological polar surface area (TPSA) is 86.7 Å². The summed E-state index contributed by atoms with van der Waals surface area (Å²) >= 11 is 0. The molecule has 4 nitrogen and oxygen atoms in total. The van der Waals surface area contributed by atoms with Crippen molar-refractivity contribution in [2.45, 2.75) is 20.8 Å². The fourth-order valence-corrected chi connectivity index (χ4v) is 1.19. The molecule has 0 saturated carbocycles. The standard InChI is InChI=1S/C9H13N.BH3O3/c1-6-4-7(2)9(10)8(3)5-6;2-1(3)4/h4-5H,10H2,1-3H3;2-4H. The van der Waals surface area contributed by atoms with Crippen LogP contribution in [0.5, 0.6) is 0 Å². The smallest absolute Gasteiger partial charge is 0.402 e. The van der Waals surface area contributed by atoms with Gasteiger partial charge in [0.1, 0.15) is 0 Å². The molecule has 0 fully saturated rings. The van der Waals surface area contributed by atoms with Crippen molar-refractivity contribution in [3.05, 3.63) is 28.8 Å². The third kappa shape index (κ3) is 4.86. The second-order valence-electron chi connectivity index (χ2n) is 3.16. The zero-order valence-corrected chi connectivity index (χ0v) is 8.65. The van der Waals surface area contributed by atoms with E-state index < -0.39 is 7.32 Å². The average Bonchev–Trinajstić information content (AvgIpc) is 1.98. The first-order valence-electron chi connectivity index (χ1n) is 4.22. The Morgan fingerprint density at radius 3 is 1.57 bits per heavy atom. The molecule has 0 saturated heterocycles. The second-order valence-corrected chi connectivity index (χ2v) is 3.16. The highest BCUT2D eigenvalue weighted by atomic mass is 16.5. The lowest BCUT2D eigenvalue weighted by Gasteiger charge is -2.04. The van der Waals surface area contributed by atoms with Crippen LogP contribution in [-0.2, 0) is 0 Å². The molecule has 0 atom stereocenters. The molecule has 0 amide bonds. The van der Waals surface area contributed by atoms with Gasteiger partial charge in [0.15, 0.2) is 0 Å². The highest BCUT2D eigenvalue weighted by Gasteiger charge is 1.96. The highest BCUT2D eigenvalue weighted by molar-refractivity contribution is 6.30. The molecule has 5 N–H and O–H groups in total. The molecule has 0 bridgehead atoms. The summed E-state index contributed by atoms with van der Waals surface area (Å²) in [6.07, 6.45) is 0. The molecule has 0 aliphatic heterocycles. The van der Waals surface area contributed by atoms with Crippen LogP contribution in [0.1, 0.15) is 16.7 Å². The maximum atomic E-state index is 7.17. The Hall–Kier alpha value is -1.04. The van der Waals surface area contributed by atoms with Crippen molar-refractivity contribution in [2.24, 2.45) is 0 Å². The molecule has 5 heteroatoms. The summed E-state index contributed by atoms with van der Waals surface area (Å²) in [5.74, 6) is 0. The first kappa shape index (κ1) is 13.0. The molecule has 14 heavy (non-hydrogen) atoms. The van der Waals surface area contributed by atoms with Gasteiger partial charge >= 0.3 is 7.32 Å². The summed E-state index contributed by atoms with van der Waals surface area (Å²) in [6.45, 7) is 6.16. The van der Waals surface area contributed by atoms with Gasteiger partial charge in [-0.05, 0) is 31.9 Å². The van der Waals surface area contributed by atoms with Gasteiger partial charge in [0.05, 0.1) is 0 Å². The van der Waals surface area contributed by atoms with E-state index in [-0.39, 0.29) is 0 Å². The van der Waals surface area contributed by atoms with E-state index in [9.17, 15) is 0 Å². The third-order valence-electron chi connectivity index (χ3n) is 1.74. The first-order chi connectivity index (χ1) is 6.34. The number of hydrogen-bond donors (Lipinski definition) is 4. The Morgan fingerprint density at radius 2 is 1.29 bits per heavy atom. The van der Waals surface area contributed by atoms with Crippen molar-refractivity contribution in [1.29, 1.82) is 0 Å². The number of benzene rings is 1. The van der Waals surface area contributed by atoms with Gasteiger partial charge in [0, 0.05) is 5.69 Å². The molecule has 1 rings (SSSR count). The number of nitrogens with two attached hydrogens (primary N) is 1. The number of nitrogen functional groups attached to an aromatic ring is 1. The number of anilines is 1. The molecule has 78 valence electrons. The van der Waals surface area contributed by atoms with Gasteiger partial charge in [-0.1, -0.05) is 17.7 Å². The van der Waals surface area contributed by atoms with Crippen LogP contribution in [0.3, 0.4) is 0 Å². The van der Waals surface area contributed by atoms with Gasteiger partial charge < -0.3 is 20.8 Å². The van der Waals surface area contributed by atoms with Crippen LogP contribution in [0.2, 0.25) is 0 Å². The zero-order chi connectivity index (χ0) is 11.3. The van der Waals surface area contributed by atoms with Crippen LogP contribution < -0.4 is 5.73 Å². The lowest BCUT2D eigenvalue weighted by Crippen LogP contribution is -2.07. The monoisotopic (exact) mass is 197 g/mol. The summed E-state index contributed by atoms with van der Waals surface area (Å²) in [5, 5.41) is 21.5. The third-order valence-corrected chi connectivity index (χ3v) is 1.74. The van der Waals surface area contributed by atoms with Crippen LogP contribution in [0.25, 0.3) is 0 Å². The molecule has 0 aromatic heterocycles. The lowest BCUT2D eigenvalue weighted by molar-refractivity contribution is 0.278. The van der Waals surface area contributed by atoms with Crippen LogP contribution in [0, 0.1) is 20.8 Å². The van der Waals surface area contributed by atoms with Gasteiger partial charge in [-0.15, -0.1) is 0 Å². The summed E-state index contributed by atoms with van der Waals surface area (Å²) in [7, 11) is -2.17. The number of rotatable bonds is 0. The minimum atomic E-state index is -2.17. The normalized spacial score (nSPS) is 9.00. The highest BCUT2D eigenvalue weighted by Crippen LogP contribution is 2.17. The molecule has 0 unspecified atom stereocenters. The second kappa shape index (κ2) is 5.64. The van der Waals surface area contributed by atoms with Gasteiger partial charge in [0.25, 0.3) is 0 Å². The Bertz CT molecular complexity index is 276. The molecule has 1 aromatic rings. The van der Waals surface area contributed by atoms with Crippen LogP contribution in [-0.4, -0.2) is 22.4 Å². The molecule has 1 aromatic carbocycles. The minimum Gasteiger partial charge on any atom is -0.402 e. The lowest BCUT2D eigenvalue weighted by atomic mass is 10.1. The Labute approximate surface area is 84.2 Å². The number of aryl methyl sites for hydroxylation is 3. The summed E-state index contributed by atoms with van der Waals surface area (Å²) in [4.78, 5) is 0. The van der Waals surface area contributed by atoms with E-state index in [1.165, 1.54) is 16.7 Å². The predicted octanol–water partition coefficient (Wildman–Crippen LogP) is 0.142. The fourth-order valence-electron chi connectivity index (χ4n) is 1.19. The number of hydrogen-bond acceptors (Lipinski definition) is 4. The minimum absolute atomic E-state index is 0.922. The molecule has 0 aliphatic carbocycles. The van der Waals surface area contributed by atoms with Crippen molar-refractivity contribution >= 4 is 13.0 Å². The van der Waals surface area contributed by atoms with E-state index in [1.807, 2.05) is 13.8 Å². The van der Waals surface area contributed by atoms with E-state index >= 15 is 0 Å². The van der Waals surface area contributed by atoms with Crippen LogP contribution in [0.15, 0.2) is 12.1 Å². The summed E-state index contributed by atoms with van der Waals surface area (Å²) in [5.41, 5.74) is 10.3. The van der Waals surface area contributed by atoms with E-state index in [4.69, 9.17) is 20.8 Å². The molecule has 0 spiro atoms. The molecular formula is C9H16BNO3. The van der Waals surface area contributed by atoms with E-state index in [0.717, 1.165) is 5.69 Å². The van der Waals surface area contributed by atoms with Crippen molar-refractivity contribution in [3.8, 4) is 0 Å². The summed E-state index contributed by atoms with van der Waals surface area (Å²) < 4.78 is 0. The Morgan fingerprint density at radius 1 is 1.00 bits per heavy atom. The quantitative estimate of drug-likeness (QED) is 0.352. The van der Waals surface area contributed by atoms with Gasteiger partial charge in [-0.3, -0.25) is 0 Å². The van der Waals surface area contributed by atoms with Crippen molar-refractivity contribution in [3.63, 3.8) is 0 Å². The van der Waals surface area contributed by atoms with E-state index in [0.29, 0.717) is 0 Å². The Kier molecular flexibility index (Phi) is 5.23. The molecule has 0 aliphatic rings. The van der Waals surface area contributed by atoms with Crippen molar-refractivity contribution in [1.82, 2.24) is 0 Å². The van der Waals surface area contributed by atoms with Crippen LogP contribution in [0.4, 0.5) is 5.69 Å². The summed E-state index contributed by atoms with van der Waals surface area (Å²) in [6, 6.07) is 4.20. The fraction of sp³-hybridized carbons (Fsp3) is 0.333. The molecule has 0 heterocycles. The van der Waals surface area contributed by atoms with Crippen molar-refractivity contribution < 1.29 is 15.1 Å². The van der Waals surface area contributed by atoms with Gasteiger partial charge in [-0.25, -0.2) is 0 Å². The van der Waals surface area contributed by atoms with Crippen LogP contribution >= 0.6 is 0 Å². The predicted molar refractivity (Wildman–Crippen MR) is 57.5 cm³/mol. The SMILES string of the molecule is Cc1cc(C)c(N)c(C)c1.OB(O)O. The van der Waals surface area contributed by atoms with Gasteiger partial charge in [-0.2, -0.15) is 0 Å². The first-order valence-corrected chi connectivity index (χ1v) is 4.22. The Balaban J connectivity index is 0.000000364. The zero-order valence-electron chi connectivity index (χ0n) is 8.65. The van der Waals surface area contributed by atoms with E-state index in [1.54, 1.807) is 0 Å². The van der Waals surface area contributed by atoms with Gasteiger partial charge in [0.2, 0.25) is 0 Å². The molecule has 0 radical (unpaired) electrons. The molecular weight excluding hydrogens is 181 g/mol. The average molecular weight is 197 g/mol. The maximum Gasteiger partial charge on any atom is 0.631 e. The van der Waals surface area contributed by atoms with Crippen molar-refractivity contribution in [2.75, 3.05) is 5.73 Å². The largest absolute Gasteiger partial charge is 0.631 e.